The summed E-state index contributed by atoms with van der Waals surface area (Å²) in [6, 6.07) is 15.3. The van der Waals surface area contributed by atoms with Crippen LogP contribution in [0, 0.1) is 5.92 Å². The highest BCUT2D eigenvalue weighted by molar-refractivity contribution is 5.94. The number of benzene rings is 2. The highest BCUT2D eigenvalue weighted by Gasteiger charge is 2.29. The van der Waals surface area contributed by atoms with Crippen LogP contribution in [0.5, 0.6) is 5.75 Å². The van der Waals surface area contributed by atoms with Crippen LogP contribution in [-0.2, 0) is 16.0 Å². The third-order valence-electron chi connectivity index (χ3n) is 4.69. The van der Waals surface area contributed by atoms with E-state index in [4.69, 9.17) is 4.74 Å². The molecule has 0 heterocycles. The van der Waals surface area contributed by atoms with Crippen LogP contribution >= 0.6 is 0 Å². The molecular formula is C22H26N2O3. The number of carbonyl (C=O) groups is 2. The minimum atomic E-state index is -0.186. The summed E-state index contributed by atoms with van der Waals surface area (Å²) in [5, 5.41) is 5.82. The van der Waals surface area contributed by atoms with E-state index < -0.39 is 0 Å². The second kappa shape index (κ2) is 8.71. The second-order valence-corrected chi connectivity index (χ2v) is 6.96. The molecule has 0 unspecified atom stereocenters. The third kappa shape index (κ3) is 5.58. The van der Waals surface area contributed by atoms with Crippen LogP contribution in [0.15, 0.2) is 48.5 Å². The van der Waals surface area contributed by atoms with E-state index in [-0.39, 0.29) is 30.4 Å². The first-order valence-electron chi connectivity index (χ1n) is 9.47. The van der Waals surface area contributed by atoms with E-state index in [0.29, 0.717) is 11.4 Å². The first-order valence-corrected chi connectivity index (χ1v) is 9.47. The van der Waals surface area contributed by atoms with E-state index in [2.05, 4.69) is 29.7 Å². The molecule has 0 spiro atoms. The second-order valence-electron chi connectivity index (χ2n) is 6.96. The number of ether oxygens (including phenoxy) is 1. The van der Waals surface area contributed by atoms with Gasteiger partial charge in [0, 0.05) is 17.7 Å². The molecule has 1 saturated carbocycles. The number of rotatable bonds is 8. The number of hydrogen-bond donors (Lipinski definition) is 2. The van der Waals surface area contributed by atoms with Gasteiger partial charge in [-0.05, 0) is 49.4 Å². The SMILES string of the molecule is CCc1ccc([C@H](C)NC(=O)COc2cccc(NC(=O)C3CC3)c2)cc1. The number of anilines is 1. The minimum Gasteiger partial charge on any atom is -0.484 e. The predicted molar refractivity (Wildman–Crippen MR) is 106 cm³/mol. The van der Waals surface area contributed by atoms with Gasteiger partial charge in [-0.25, -0.2) is 0 Å². The Morgan fingerprint density at radius 2 is 1.89 bits per heavy atom. The Morgan fingerprint density at radius 1 is 1.15 bits per heavy atom. The summed E-state index contributed by atoms with van der Waals surface area (Å²) in [4.78, 5) is 24.0. The number of aryl methyl sites for hydroxylation is 1. The first-order chi connectivity index (χ1) is 13.0. The van der Waals surface area contributed by atoms with Crippen LogP contribution in [0.25, 0.3) is 0 Å². The van der Waals surface area contributed by atoms with Gasteiger partial charge in [0.25, 0.3) is 5.91 Å². The average molecular weight is 366 g/mol. The highest BCUT2D eigenvalue weighted by atomic mass is 16.5. The van der Waals surface area contributed by atoms with Crippen molar-refractivity contribution in [1.29, 1.82) is 0 Å². The predicted octanol–water partition coefficient (Wildman–Crippen LogP) is 3.85. The molecule has 2 amide bonds. The maximum absolute atomic E-state index is 12.2. The molecule has 0 aromatic heterocycles. The lowest BCUT2D eigenvalue weighted by Gasteiger charge is -2.15. The van der Waals surface area contributed by atoms with Gasteiger partial charge in [0.1, 0.15) is 5.75 Å². The molecule has 1 fully saturated rings. The lowest BCUT2D eigenvalue weighted by Crippen LogP contribution is -2.31. The van der Waals surface area contributed by atoms with Crippen molar-refractivity contribution in [2.75, 3.05) is 11.9 Å². The summed E-state index contributed by atoms with van der Waals surface area (Å²) in [7, 11) is 0. The molecule has 2 aromatic rings. The van der Waals surface area contributed by atoms with Gasteiger partial charge in [-0.1, -0.05) is 37.3 Å². The fourth-order valence-electron chi connectivity index (χ4n) is 2.81. The monoisotopic (exact) mass is 366 g/mol. The van der Waals surface area contributed by atoms with E-state index in [1.807, 2.05) is 25.1 Å². The maximum Gasteiger partial charge on any atom is 0.258 e. The highest BCUT2D eigenvalue weighted by Crippen LogP contribution is 2.30. The number of amides is 2. The Hall–Kier alpha value is -2.82. The van der Waals surface area contributed by atoms with E-state index in [1.165, 1.54) is 5.56 Å². The van der Waals surface area contributed by atoms with E-state index >= 15 is 0 Å². The maximum atomic E-state index is 12.2. The van der Waals surface area contributed by atoms with Crippen molar-refractivity contribution in [3.63, 3.8) is 0 Å². The zero-order chi connectivity index (χ0) is 19.2. The lowest BCUT2D eigenvalue weighted by atomic mass is 10.1. The van der Waals surface area contributed by atoms with Crippen molar-refractivity contribution in [3.05, 3.63) is 59.7 Å². The Bertz CT molecular complexity index is 797. The van der Waals surface area contributed by atoms with Crippen molar-refractivity contribution < 1.29 is 14.3 Å². The average Bonchev–Trinajstić information content (AvgIpc) is 3.52. The van der Waals surface area contributed by atoms with Crippen LogP contribution in [-0.4, -0.2) is 18.4 Å². The Balaban J connectivity index is 1.48. The molecule has 0 radical (unpaired) electrons. The molecular weight excluding hydrogens is 340 g/mol. The Morgan fingerprint density at radius 3 is 2.56 bits per heavy atom. The number of hydrogen-bond acceptors (Lipinski definition) is 3. The third-order valence-corrected chi connectivity index (χ3v) is 4.69. The van der Waals surface area contributed by atoms with Gasteiger partial charge < -0.3 is 15.4 Å². The quantitative estimate of drug-likeness (QED) is 0.746. The smallest absolute Gasteiger partial charge is 0.258 e. The Kier molecular flexibility index (Phi) is 6.12. The topological polar surface area (TPSA) is 67.4 Å². The minimum absolute atomic E-state index is 0.0489. The molecule has 0 aliphatic heterocycles. The summed E-state index contributed by atoms with van der Waals surface area (Å²) in [6.45, 7) is 3.99. The van der Waals surface area contributed by atoms with Crippen molar-refractivity contribution in [2.24, 2.45) is 5.92 Å². The van der Waals surface area contributed by atoms with Gasteiger partial charge in [0.2, 0.25) is 5.91 Å². The normalized spacial score (nSPS) is 14.3. The van der Waals surface area contributed by atoms with Gasteiger partial charge in [0.05, 0.1) is 6.04 Å². The van der Waals surface area contributed by atoms with Gasteiger partial charge >= 0.3 is 0 Å². The molecule has 27 heavy (non-hydrogen) atoms. The molecule has 3 rings (SSSR count). The van der Waals surface area contributed by atoms with Gasteiger partial charge in [0.15, 0.2) is 6.61 Å². The fraction of sp³-hybridized carbons (Fsp3) is 0.364. The molecule has 5 nitrogen and oxygen atoms in total. The van der Waals surface area contributed by atoms with E-state index in [0.717, 1.165) is 24.8 Å². The van der Waals surface area contributed by atoms with E-state index in [1.54, 1.807) is 18.2 Å². The molecule has 5 heteroatoms. The summed E-state index contributed by atoms with van der Waals surface area (Å²) < 4.78 is 5.58. The standard InChI is InChI=1S/C22H26N2O3/c1-3-16-7-9-17(10-8-16)15(2)23-21(25)14-27-20-6-4-5-19(13-20)24-22(26)18-11-12-18/h4-10,13,15,18H,3,11-12,14H2,1-2H3,(H,23,25)(H,24,26)/t15-/m0/s1. The molecule has 1 aliphatic carbocycles. The molecule has 2 aromatic carbocycles. The zero-order valence-electron chi connectivity index (χ0n) is 15.8. The van der Waals surface area contributed by atoms with Gasteiger partial charge in [-0.2, -0.15) is 0 Å². The van der Waals surface area contributed by atoms with Crippen LogP contribution in [0.2, 0.25) is 0 Å². The Labute approximate surface area is 160 Å². The number of carbonyl (C=O) groups excluding carboxylic acids is 2. The van der Waals surface area contributed by atoms with Crippen LogP contribution < -0.4 is 15.4 Å². The lowest BCUT2D eigenvalue weighted by molar-refractivity contribution is -0.123. The summed E-state index contributed by atoms with van der Waals surface area (Å²) in [6.07, 6.45) is 2.91. The summed E-state index contributed by atoms with van der Waals surface area (Å²) in [5.74, 6) is 0.564. The zero-order valence-corrected chi connectivity index (χ0v) is 15.8. The van der Waals surface area contributed by atoms with Crippen molar-refractivity contribution in [2.45, 2.75) is 39.2 Å². The fourth-order valence-corrected chi connectivity index (χ4v) is 2.81. The van der Waals surface area contributed by atoms with Crippen molar-refractivity contribution in [3.8, 4) is 5.75 Å². The summed E-state index contributed by atoms with van der Waals surface area (Å²) in [5.41, 5.74) is 3.02. The van der Waals surface area contributed by atoms with E-state index in [9.17, 15) is 9.59 Å². The van der Waals surface area contributed by atoms with Crippen LogP contribution in [0.3, 0.4) is 0 Å². The number of nitrogens with one attached hydrogen (secondary N) is 2. The molecule has 142 valence electrons. The van der Waals surface area contributed by atoms with Crippen LogP contribution in [0.1, 0.15) is 43.9 Å². The molecule has 0 bridgehead atoms. The van der Waals surface area contributed by atoms with Crippen molar-refractivity contribution in [1.82, 2.24) is 5.32 Å². The van der Waals surface area contributed by atoms with Gasteiger partial charge in [-0.3, -0.25) is 9.59 Å². The largest absolute Gasteiger partial charge is 0.484 e. The molecule has 1 aliphatic rings. The van der Waals surface area contributed by atoms with Crippen LogP contribution in [0.4, 0.5) is 5.69 Å². The van der Waals surface area contributed by atoms with Gasteiger partial charge in [-0.15, -0.1) is 0 Å². The van der Waals surface area contributed by atoms with Crippen molar-refractivity contribution >= 4 is 17.5 Å². The first kappa shape index (κ1) is 19.0. The molecule has 2 N–H and O–H groups in total. The summed E-state index contributed by atoms with van der Waals surface area (Å²) >= 11 is 0. The molecule has 0 saturated heterocycles. The molecule has 1 atom stereocenters.